The molecule has 2 rings (SSSR count). The topological polar surface area (TPSA) is 38.1 Å². The van der Waals surface area contributed by atoms with Gasteiger partial charge in [0.15, 0.2) is 0 Å². The minimum Gasteiger partial charge on any atom is -0.338 e. The van der Waals surface area contributed by atoms with Crippen LogP contribution in [0.15, 0.2) is 30.3 Å². The number of rotatable bonds is 6. The summed E-state index contributed by atoms with van der Waals surface area (Å²) in [5, 5.41) is 5.04. The van der Waals surface area contributed by atoms with Gasteiger partial charge >= 0.3 is 0 Å². The molecule has 0 radical (unpaired) electrons. The zero-order chi connectivity index (χ0) is 18.6. The average molecular weight is 360 g/mol. The average Bonchev–Trinajstić information content (AvgIpc) is 2.80. The first-order valence-corrected chi connectivity index (χ1v) is 8.88. The summed E-state index contributed by atoms with van der Waals surface area (Å²) in [7, 11) is 1.80. The molecule has 2 aromatic rings. The second-order valence-electron chi connectivity index (χ2n) is 6.82. The van der Waals surface area contributed by atoms with Gasteiger partial charge in [0.1, 0.15) is 5.15 Å². The molecule has 25 heavy (non-hydrogen) atoms. The van der Waals surface area contributed by atoms with Crippen molar-refractivity contribution < 1.29 is 4.79 Å². The molecule has 0 N–H and O–H groups in total. The smallest absolute Gasteiger partial charge is 0.246 e. The van der Waals surface area contributed by atoms with E-state index in [0.717, 1.165) is 23.4 Å². The Morgan fingerprint density at radius 2 is 2.00 bits per heavy atom. The van der Waals surface area contributed by atoms with Crippen molar-refractivity contribution in [1.82, 2.24) is 14.7 Å². The molecule has 0 aliphatic rings. The minimum absolute atomic E-state index is 0.0599. The van der Waals surface area contributed by atoms with Gasteiger partial charge in [0.25, 0.3) is 0 Å². The first kappa shape index (κ1) is 19.3. The van der Waals surface area contributed by atoms with E-state index in [2.05, 4.69) is 31.9 Å². The van der Waals surface area contributed by atoms with Crippen molar-refractivity contribution in [2.45, 2.75) is 40.8 Å². The highest BCUT2D eigenvalue weighted by Gasteiger charge is 2.13. The van der Waals surface area contributed by atoms with Crippen LogP contribution >= 0.6 is 11.6 Å². The Morgan fingerprint density at radius 1 is 1.32 bits per heavy atom. The Hall–Kier alpha value is -2.07. The van der Waals surface area contributed by atoms with Gasteiger partial charge in [-0.15, -0.1) is 0 Å². The molecule has 4 nitrogen and oxygen atoms in total. The molecule has 1 amide bonds. The van der Waals surface area contributed by atoms with E-state index in [1.807, 2.05) is 25.1 Å². The van der Waals surface area contributed by atoms with Crippen LogP contribution in [0, 0.1) is 19.8 Å². The molecule has 0 fully saturated rings. The molecular formula is C20H26ClN3O. The molecule has 0 aliphatic carbocycles. The standard InChI is InChI=1S/C20H26ClN3O/c1-14(2)12-24-20(21)18(16(4)22-24)10-11-19(25)23(5)13-17-9-7-6-8-15(17)3/h6-11,14H,12-13H2,1-5H3/b11-10+. The third-order valence-electron chi connectivity index (χ3n) is 4.09. The molecule has 0 bridgehead atoms. The predicted octanol–water partition coefficient (Wildman–Crippen LogP) is 4.48. The Labute approximate surface area is 155 Å². The van der Waals surface area contributed by atoms with Crippen LogP contribution in [-0.4, -0.2) is 27.6 Å². The maximum absolute atomic E-state index is 12.4. The van der Waals surface area contributed by atoms with E-state index >= 15 is 0 Å². The SMILES string of the molecule is Cc1ccccc1CN(C)C(=O)/C=C/c1c(C)nn(CC(C)C)c1Cl. The maximum Gasteiger partial charge on any atom is 0.246 e. The van der Waals surface area contributed by atoms with Crippen molar-refractivity contribution in [2.24, 2.45) is 5.92 Å². The summed E-state index contributed by atoms with van der Waals surface area (Å²) in [5.74, 6) is 0.394. The Balaban J connectivity index is 2.09. The normalized spacial score (nSPS) is 11.5. The van der Waals surface area contributed by atoms with Crippen LogP contribution in [0.3, 0.4) is 0 Å². The number of carbonyl (C=O) groups excluding carboxylic acids is 1. The van der Waals surface area contributed by atoms with Crippen LogP contribution < -0.4 is 0 Å². The Kier molecular flexibility index (Phi) is 6.43. The van der Waals surface area contributed by atoms with Crippen molar-refractivity contribution in [1.29, 1.82) is 0 Å². The molecule has 0 saturated heterocycles. The second kappa shape index (κ2) is 8.34. The van der Waals surface area contributed by atoms with Crippen LogP contribution in [0.5, 0.6) is 0 Å². The quantitative estimate of drug-likeness (QED) is 0.713. The molecule has 0 aliphatic heterocycles. The first-order valence-electron chi connectivity index (χ1n) is 8.50. The van der Waals surface area contributed by atoms with Gasteiger partial charge in [-0.1, -0.05) is 49.7 Å². The lowest BCUT2D eigenvalue weighted by atomic mass is 10.1. The second-order valence-corrected chi connectivity index (χ2v) is 7.18. The van der Waals surface area contributed by atoms with Crippen molar-refractivity contribution >= 4 is 23.6 Å². The van der Waals surface area contributed by atoms with Crippen molar-refractivity contribution in [2.75, 3.05) is 7.05 Å². The molecule has 5 heteroatoms. The highest BCUT2D eigenvalue weighted by molar-refractivity contribution is 6.31. The maximum atomic E-state index is 12.4. The summed E-state index contributed by atoms with van der Waals surface area (Å²) in [6.45, 7) is 9.53. The van der Waals surface area contributed by atoms with Gasteiger partial charge in [0.05, 0.1) is 5.69 Å². The van der Waals surface area contributed by atoms with E-state index in [4.69, 9.17) is 11.6 Å². The van der Waals surface area contributed by atoms with E-state index in [-0.39, 0.29) is 5.91 Å². The van der Waals surface area contributed by atoms with Gasteiger partial charge in [-0.3, -0.25) is 9.48 Å². The molecule has 0 atom stereocenters. The molecule has 0 spiro atoms. The van der Waals surface area contributed by atoms with Crippen LogP contribution in [0.2, 0.25) is 5.15 Å². The van der Waals surface area contributed by atoms with Crippen molar-refractivity contribution in [3.63, 3.8) is 0 Å². The van der Waals surface area contributed by atoms with E-state index in [1.54, 1.807) is 28.8 Å². The fourth-order valence-electron chi connectivity index (χ4n) is 2.63. The third kappa shape index (κ3) is 4.95. The van der Waals surface area contributed by atoms with E-state index < -0.39 is 0 Å². The number of hydrogen-bond donors (Lipinski definition) is 0. The summed E-state index contributed by atoms with van der Waals surface area (Å²) in [6, 6.07) is 8.08. The van der Waals surface area contributed by atoms with Gasteiger partial charge in [0, 0.05) is 31.8 Å². The van der Waals surface area contributed by atoms with Crippen molar-refractivity contribution in [3.8, 4) is 0 Å². The molecule has 134 valence electrons. The number of likely N-dealkylation sites (N-methyl/N-ethyl adjacent to an activating group) is 1. The molecule has 1 heterocycles. The van der Waals surface area contributed by atoms with Gasteiger partial charge in [-0.05, 0) is 37.0 Å². The Morgan fingerprint density at radius 3 is 2.64 bits per heavy atom. The lowest BCUT2D eigenvalue weighted by Crippen LogP contribution is -2.24. The number of amides is 1. The number of benzene rings is 1. The Bertz CT molecular complexity index is 777. The number of nitrogens with zero attached hydrogens (tertiary/aromatic N) is 3. The van der Waals surface area contributed by atoms with Crippen LogP contribution in [-0.2, 0) is 17.9 Å². The molecule has 1 aromatic carbocycles. The predicted molar refractivity (Wildman–Crippen MR) is 103 cm³/mol. The van der Waals surface area contributed by atoms with Gasteiger partial charge in [0.2, 0.25) is 5.91 Å². The third-order valence-corrected chi connectivity index (χ3v) is 4.48. The van der Waals surface area contributed by atoms with Crippen LogP contribution in [0.25, 0.3) is 6.08 Å². The summed E-state index contributed by atoms with van der Waals surface area (Å²) < 4.78 is 1.79. The highest BCUT2D eigenvalue weighted by atomic mass is 35.5. The van der Waals surface area contributed by atoms with Crippen molar-refractivity contribution in [3.05, 3.63) is 57.9 Å². The van der Waals surface area contributed by atoms with Crippen LogP contribution in [0.1, 0.15) is 36.2 Å². The van der Waals surface area contributed by atoms with E-state index in [9.17, 15) is 4.79 Å². The summed E-state index contributed by atoms with van der Waals surface area (Å²) in [4.78, 5) is 14.1. The molecule has 0 saturated carbocycles. The minimum atomic E-state index is -0.0599. The molecular weight excluding hydrogens is 334 g/mol. The summed E-state index contributed by atoms with van der Waals surface area (Å²) in [5.41, 5.74) is 3.96. The largest absolute Gasteiger partial charge is 0.338 e. The fraction of sp³-hybridized carbons (Fsp3) is 0.400. The molecule has 1 aromatic heterocycles. The summed E-state index contributed by atoms with van der Waals surface area (Å²) >= 11 is 6.41. The van der Waals surface area contributed by atoms with Gasteiger partial charge in [-0.2, -0.15) is 5.10 Å². The number of aryl methyl sites for hydroxylation is 2. The lowest BCUT2D eigenvalue weighted by Gasteiger charge is -2.16. The number of hydrogen-bond acceptors (Lipinski definition) is 2. The zero-order valence-electron chi connectivity index (χ0n) is 15.6. The fourth-order valence-corrected chi connectivity index (χ4v) is 2.93. The monoisotopic (exact) mass is 359 g/mol. The highest BCUT2D eigenvalue weighted by Crippen LogP contribution is 2.22. The lowest BCUT2D eigenvalue weighted by molar-refractivity contribution is -0.125. The van der Waals surface area contributed by atoms with Crippen LogP contribution in [0.4, 0.5) is 0 Å². The zero-order valence-corrected chi connectivity index (χ0v) is 16.3. The van der Waals surface area contributed by atoms with Gasteiger partial charge in [-0.25, -0.2) is 0 Å². The number of halogens is 1. The van der Waals surface area contributed by atoms with Gasteiger partial charge < -0.3 is 4.90 Å². The van der Waals surface area contributed by atoms with E-state index in [1.165, 1.54) is 5.56 Å². The summed E-state index contributed by atoms with van der Waals surface area (Å²) in [6.07, 6.45) is 3.33. The van der Waals surface area contributed by atoms with E-state index in [0.29, 0.717) is 17.6 Å². The first-order chi connectivity index (χ1) is 11.8. The number of aromatic nitrogens is 2. The molecule has 0 unspecified atom stereocenters. The number of carbonyl (C=O) groups is 1.